The van der Waals surface area contributed by atoms with Crippen LogP contribution in [0.25, 0.3) is 10.6 Å². The number of carboxylic acids is 1. The molecule has 1 aliphatic rings. The normalized spacial score (nSPS) is 15.2. The standard InChI is InChI=1S/C11H10N2O2S/c14-11(15)9-8(6-1-2-6)13-10(16-9)7-3-4-12-5-7/h3-6,12H,1-2H2,(H,14,15). The van der Waals surface area contributed by atoms with Crippen LogP contribution in [0, 0.1) is 0 Å². The van der Waals surface area contributed by atoms with Crippen LogP contribution in [0.3, 0.4) is 0 Å². The number of carbonyl (C=O) groups is 1. The topological polar surface area (TPSA) is 66.0 Å². The minimum absolute atomic E-state index is 0.370. The van der Waals surface area contributed by atoms with Crippen LogP contribution in [-0.4, -0.2) is 21.0 Å². The van der Waals surface area contributed by atoms with Crippen molar-refractivity contribution in [2.24, 2.45) is 0 Å². The second-order valence-corrected chi connectivity index (χ2v) is 4.91. The Morgan fingerprint density at radius 2 is 2.38 bits per heavy atom. The van der Waals surface area contributed by atoms with Gasteiger partial charge in [-0.1, -0.05) is 0 Å². The molecule has 0 aliphatic heterocycles. The van der Waals surface area contributed by atoms with E-state index in [4.69, 9.17) is 5.11 Å². The molecule has 0 radical (unpaired) electrons. The number of nitrogens with zero attached hydrogens (tertiary/aromatic N) is 1. The van der Waals surface area contributed by atoms with Gasteiger partial charge in [0.05, 0.1) is 5.69 Å². The van der Waals surface area contributed by atoms with Gasteiger partial charge in [0.15, 0.2) is 0 Å². The summed E-state index contributed by atoms with van der Waals surface area (Å²) in [7, 11) is 0. The molecule has 1 fully saturated rings. The van der Waals surface area contributed by atoms with Crippen molar-refractivity contribution in [3.05, 3.63) is 29.0 Å². The van der Waals surface area contributed by atoms with Crippen molar-refractivity contribution in [1.82, 2.24) is 9.97 Å². The molecule has 0 amide bonds. The Balaban J connectivity index is 2.08. The lowest BCUT2D eigenvalue weighted by Gasteiger charge is -1.91. The third kappa shape index (κ3) is 1.53. The Hall–Kier alpha value is -1.62. The average molecular weight is 234 g/mol. The molecular weight excluding hydrogens is 224 g/mol. The van der Waals surface area contributed by atoms with Crippen molar-refractivity contribution >= 4 is 17.3 Å². The number of H-pyrrole nitrogens is 1. The smallest absolute Gasteiger partial charge is 0.347 e. The van der Waals surface area contributed by atoms with Gasteiger partial charge in [0.1, 0.15) is 9.88 Å². The molecule has 2 N–H and O–H groups in total. The maximum atomic E-state index is 11.1. The summed E-state index contributed by atoms with van der Waals surface area (Å²) in [6.07, 6.45) is 5.78. The maximum absolute atomic E-state index is 11.1. The SMILES string of the molecule is O=C(O)c1sc(-c2cc[nH]c2)nc1C1CC1. The van der Waals surface area contributed by atoms with E-state index in [2.05, 4.69) is 9.97 Å². The highest BCUT2D eigenvalue weighted by molar-refractivity contribution is 7.17. The maximum Gasteiger partial charge on any atom is 0.347 e. The Kier molecular flexibility index (Phi) is 2.07. The molecule has 2 aromatic heterocycles. The minimum Gasteiger partial charge on any atom is -0.477 e. The third-order valence-corrected chi connectivity index (χ3v) is 3.76. The fourth-order valence-corrected chi connectivity index (χ4v) is 2.69. The van der Waals surface area contributed by atoms with Crippen LogP contribution in [0.4, 0.5) is 0 Å². The molecule has 2 aromatic rings. The number of hydrogen-bond acceptors (Lipinski definition) is 3. The van der Waals surface area contributed by atoms with E-state index in [0.29, 0.717) is 10.8 Å². The molecule has 5 heteroatoms. The highest BCUT2D eigenvalue weighted by atomic mass is 32.1. The zero-order valence-corrected chi connectivity index (χ0v) is 9.25. The van der Waals surface area contributed by atoms with Gasteiger partial charge in [-0.25, -0.2) is 9.78 Å². The molecule has 4 nitrogen and oxygen atoms in total. The second kappa shape index (κ2) is 3.45. The van der Waals surface area contributed by atoms with Crippen LogP contribution >= 0.6 is 11.3 Å². The van der Waals surface area contributed by atoms with Gasteiger partial charge in [-0.15, -0.1) is 11.3 Å². The van der Waals surface area contributed by atoms with E-state index >= 15 is 0 Å². The van der Waals surface area contributed by atoms with Crippen LogP contribution in [0.1, 0.15) is 34.1 Å². The second-order valence-electron chi connectivity index (χ2n) is 3.91. The van der Waals surface area contributed by atoms with Crippen molar-refractivity contribution in [1.29, 1.82) is 0 Å². The molecule has 0 unspecified atom stereocenters. The lowest BCUT2D eigenvalue weighted by atomic mass is 10.2. The van der Waals surface area contributed by atoms with E-state index in [1.54, 1.807) is 0 Å². The molecule has 2 heterocycles. The summed E-state index contributed by atoms with van der Waals surface area (Å²) in [4.78, 5) is 18.9. The van der Waals surface area contributed by atoms with Gasteiger partial charge >= 0.3 is 5.97 Å². The van der Waals surface area contributed by atoms with E-state index in [1.165, 1.54) is 11.3 Å². The predicted octanol–water partition coefficient (Wildman–Crippen LogP) is 2.71. The molecule has 16 heavy (non-hydrogen) atoms. The van der Waals surface area contributed by atoms with Gasteiger partial charge in [0.2, 0.25) is 0 Å². The highest BCUT2D eigenvalue weighted by Crippen LogP contribution is 2.44. The molecule has 82 valence electrons. The molecule has 1 saturated carbocycles. The first-order valence-electron chi connectivity index (χ1n) is 5.13. The fourth-order valence-electron chi connectivity index (χ4n) is 1.70. The summed E-state index contributed by atoms with van der Waals surface area (Å²) in [6.45, 7) is 0. The van der Waals surface area contributed by atoms with Crippen molar-refractivity contribution in [3.8, 4) is 10.6 Å². The lowest BCUT2D eigenvalue weighted by molar-refractivity contribution is 0.0700. The number of aromatic nitrogens is 2. The van der Waals surface area contributed by atoms with Crippen molar-refractivity contribution in [2.45, 2.75) is 18.8 Å². The van der Waals surface area contributed by atoms with Crippen molar-refractivity contribution in [3.63, 3.8) is 0 Å². The highest BCUT2D eigenvalue weighted by Gasteiger charge is 2.32. The van der Waals surface area contributed by atoms with Gasteiger partial charge in [-0.3, -0.25) is 0 Å². The van der Waals surface area contributed by atoms with E-state index in [-0.39, 0.29) is 0 Å². The molecule has 1 aliphatic carbocycles. The summed E-state index contributed by atoms with van der Waals surface area (Å²) in [5, 5.41) is 9.91. The molecule has 0 spiro atoms. The Labute approximate surface area is 96.0 Å². The summed E-state index contributed by atoms with van der Waals surface area (Å²) in [5.74, 6) is -0.490. The Morgan fingerprint density at radius 1 is 1.56 bits per heavy atom. The number of nitrogens with one attached hydrogen (secondary N) is 1. The van der Waals surface area contributed by atoms with Gasteiger partial charge in [-0.05, 0) is 18.9 Å². The van der Waals surface area contributed by atoms with Crippen LogP contribution in [0.15, 0.2) is 18.5 Å². The monoisotopic (exact) mass is 234 g/mol. The summed E-state index contributed by atoms with van der Waals surface area (Å²) < 4.78 is 0. The Morgan fingerprint density at radius 3 is 2.94 bits per heavy atom. The molecular formula is C11H10N2O2S. The van der Waals surface area contributed by atoms with E-state index in [1.807, 2.05) is 18.5 Å². The van der Waals surface area contributed by atoms with Crippen molar-refractivity contribution in [2.75, 3.05) is 0 Å². The van der Waals surface area contributed by atoms with Crippen molar-refractivity contribution < 1.29 is 9.90 Å². The van der Waals surface area contributed by atoms with Gasteiger partial charge < -0.3 is 10.1 Å². The number of thiazole rings is 1. The zero-order valence-electron chi connectivity index (χ0n) is 8.43. The fraction of sp³-hybridized carbons (Fsp3) is 0.273. The quantitative estimate of drug-likeness (QED) is 0.858. The number of aromatic amines is 1. The predicted molar refractivity (Wildman–Crippen MR) is 60.8 cm³/mol. The summed E-state index contributed by atoms with van der Waals surface area (Å²) >= 11 is 1.26. The zero-order chi connectivity index (χ0) is 11.1. The number of carboxylic acid groups (broad SMARTS) is 1. The lowest BCUT2D eigenvalue weighted by Crippen LogP contribution is -1.97. The molecule has 0 atom stereocenters. The molecule has 0 saturated heterocycles. The van der Waals surface area contributed by atoms with Gasteiger partial charge in [0.25, 0.3) is 0 Å². The molecule has 0 aromatic carbocycles. The van der Waals surface area contributed by atoms with E-state index < -0.39 is 5.97 Å². The number of aromatic carboxylic acids is 1. The Bertz CT molecular complexity index is 526. The van der Waals surface area contributed by atoms with E-state index in [9.17, 15) is 4.79 Å². The number of rotatable bonds is 3. The summed E-state index contributed by atoms with van der Waals surface area (Å²) in [5.41, 5.74) is 1.73. The molecule has 0 bridgehead atoms. The van der Waals surface area contributed by atoms with Crippen LogP contribution in [-0.2, 0) is 0 Å². The van der Waals surface area contributed by atoms with Gasteiger partial charge in [0, 0.05) is 23.9 Å². The molecule has 3 rings (SSSR count). The minimum atomic E-state index is -0.860. The summed E-state index contributed by atoms with van der Waals surface area (Å²) in [6, 6.07) is 1.90. The van der Waals surface area contributed by atoms with Crippen LogP contribution < -0.4 is 0 Å². The van der Waals surface area contributed by atoms with Gasteiger partial charge in [-0.2, -0.15) is 0 Å². The average Bonchev–Trinajstić information content (AvgIpc) is 2.83. The largest absolute Gasteiger partial charge is 0.477 e. The first-order valence-corrected chi connectivity index (χ1v) is 5.94. The number of hydrogen-bond donors (Lipinski definition) is 2. The third-order valence-electron chi connectivity index (χ3n) is 2.66. The van der Waals surface area contributed by atoms with Crippen LogP contribution in [0.5, 0.6) is 0 Å². The van der Waals surface area contributed by atoms with E-state index in [0.717, 1.165) is 29.1 Å². The van der Waals surface area contributed by atoms with Crippen LogP contribution in [0.2, 0.25) is 0 Å². The first-order chi connectivity index (χ1) is 7.75. The first kappa shape index (κ1) is 9.59.